The van der Waals surface area contributed by atoms with Gasteiger partial charge in [-0.25, -0.2) is 0 Å². The number of allylic oxidation sites excluding steroid dienone is 8. The number of ether oxygens (including phenoxy) is 3. The Morgan fingerprint density at radius 1 is 0.348 bits per heavy atom. The molecule has 0 fully saturated rings. The third kappa shape index (κ3) is 54.5. The summed E-state index contributed by atoms with van der Waals surface area (Å²) in [6.45, 7) is 7.73. The summed E-state index contributed by atoms with van der Waals surface area (Å²) in [5.74, 6) is -0.398. The largest absolute Gasteiger partial charge is 0.462 e. The smallest absolute Gasteiger partial charge is 0.306 e. The third-order valence-electron chi connectivity index (χ3n) is 12.8. The van der Waals surface area contributed by atoms with Crippen LogP contribution < -0.4 is 0 Å². The van der Waals surface area contributed by atoms with Crippen LogP contribution in [0.15, 0.2) is 48.6 Å². The number of carbonyl (C=O) groups excluding carboxylic acids is 2. The van der Waals surface area contributed by atoms with E-state index in [4.69, 9.17) is 14.2 Å². The number of unbranched alkanes of at least 4 members (excludes halogenated alkanes) is 35. The molecule has 0 bridgehead atoms. The number of esters is 2. The van der Waals surface area contributed by atoms with E-state index in [1.807, 2.05) is 0 Å². The lowest BCUT2D eigenvalue weighted by molar-refractivity contribution is -0.163. The zero-order valence-electron chi connectivity index (χ0n) is 44.5. The quantitative estimate of drug-likeness (QED) is 0.0345. The van der Waals surface area contributed by atoms with Crippen LogP contribution in [0.4, 0.5) is 0 Å². The highest BCUT2D eigenvalue weighted by Gasteiger charge is 2.17. The fourth-order valence-corrected chi connectivity index (χ4v) is 8.52. The Labute approximate surface area is 412 Å². The monoisotopic (exact) mass is 925 g/mol. The average molecular weight is 926 g/mol. The molecule has 0 aromatic rings. The minimum absolute atomic E-state index is 0.0805. The molecule has 386 valence electrons. The van der Waals surface area contributed by atoms with Gasteiger partial charge in [0.25, 0.3) is 0 Å². The van der Waals surface area contributed by atoms with Crippen molar-refractivity contribution in [3.05, 3.63) is 48.6 Å². The highest BCUT2D eigenvalue weighted by molar-refractivity contribution is 5.70. The van der Waals surface area contributed by atoms with Crippen molar-refractivity contribution in [2.75, 3.05) is 19.8 Å². The maximum atomic E-state index is 12.8. The highest BCUT2D eigenvalue weighted by atomic mass is 16.6. The average Bonchev–Trinajstić information content (AvgIpc) is 3.32. The first kappa shape index (κ1) is 63.9. The predicted octanol–water partition coefficient (Wildman–Crippen LogP) is 19.9. The van der Waals surface area contributed by atoms with Crippen LogP contribution in [0.3, 0.4) is 0 Å². The first-order valence-corrected chi connectivity index (χ1v) is 29.2. The molecule has 0 radical (unpaired) electrons. The Balaban J connectivity index is 4.25. The SMILES string of the molecule is CC/C=C\C/C=C\C/C=C\CCCCCCCCOCC(COC(=O)CCCCCCCCCCCCCCCCCCCCC)OC(=O)CCCCCCC/C=C\CCCCCCCC. The van der Waals surface area contributed by atoms with Crippen molar-refractivity contribution in [2.45, 2.75) is 309 Å². The van der Waals surface area contributed by atoms with Gasteiger partial charge < -0.3 is 14.2 Å². The fraction of sp³-hybridized carbons (Fsp3) is 0.836. The van der Waals surface area contributed by atoms with Crippen LogP contribution >= 0.6 is 0 Å². The van der Waals surface area contributed by atoms with Gasteiger partial charge in [0.15, 0.2) is 6.10 Å². The van der Waals surface area contributed by atoms with Gasteiger partial charge in [-0.1, -0.05) is 262 Å². The molecule has 0 N–H and O–H groups in total. The van der Waals surface area contributed by atoms with E-state index in [9.17, 15) is 9.59 Å². The summed E-state index contributed by atoms with van der Waals surface area (Å²) in [4.78, 5) is 25.5. The lowest BCUT2D eigenvalue weighted by atomic mass is 10.0. The van der Waals surface area contributed by atoms with Crippen molar-refractivity contribution >= 4 is 11.9 Å². The summed E-state index contributed by atoms with van der Waals surface area (Å²) in [5.41, 5.74) is 0. The second-order valence-corrected chi connectivity index (χ2v) is 19.5. The molecule has 0 aliphatic rings. The summed E-state index contributed by atoms with van der Waals surface area (Å²) >= 11 is 0. The Bertz CT molecular complexity index is 1090. The third-order valence-corrected chi connectivity index (χ3v) is 12.8. The zero-order valence-corrected chi connectivity index (χ0v) is 44.5. The van der Waals surface area contributed by atoms with Crippen molar-refractivity contribution in [3.8, 4) is 0 Å². The molecule has 1 unspecified atom stereocenters. The van der Waals surface area contributed by atoms with E-state index >= 15 is 0 Å². The van der Waals surface area contributed by atoms with Crippen LogP contribution in [0.25, 0.3) is 0 Å². The molecule has 0 aromatic heterocycles. The normalized spacial score (nSPS) is 12.5. The van der Waals surface area contributed by atoms with E-state index in [0.29, 0.717) is 19.4 Å². The first-order valence-electron chi connectivity index (χ1n) is 29.2. The van der Waals surface area contributed by atoms with Gasteiger partial charge >= 0.3 is 11.9 Å². The van der Waals surface area contributed by atoms with Crippen LogP contribution in [0.1, 0.15) is 303 Å². The lowest BCUT2D eigenvalue weighted by Gasteiger charge is -2.18. The summed E-state index contributed by atoms with van der Waals surface area (Å²) in [6, 6.07) is 0. The second-order valence-electron chi connectivity index (χ2n) is 19.5. The van der Waals surface area contributed by atoms with Crippen LogP contribution in [0.2, 0.25) is 0 Å². The van der Waals surface area contributed by atoms with E-state index in [2.05, 4.69) is 69.4 Å². The van der Waals surface area contributed by atoms with Gasteiger partial charge in [0.1, 0.15) is 6.61 Å². The van der Waals surface area contributed by atoms with Crippen LogP contribution in [0, 0.1) is 0 Å². The van der Waals surface area contributed by atoms with Crippen molar-refractivity contribution in [3.63, 3.8) is 0 Å². The number of rotatable bonds is 54. The van der Waals surface area contributed by atoms with E-state index < -0.39 is 6.10 Å². The first-order chi connectivity index (χ1) is 32.6. The molecule has 0 spiro atoms. The van der Waals surface area contributed by atoms with Gasteiger partial charge in [-0.05, 0) is 77.0 Å². The molecule has 66 heavy (non-hydrogen) atoms. The second kappa shape index (κ2) is 57.2. The summed E-state index contributed by atoms with van der Waals surface area (Å²) in [5, 5.41) is 0. The topological polar surface area (TPSA) is 61.8 Å². The Morgan fingerprint density at radius 3 is 1.11 bits per heavy atom. The molecule has 0 saturated heterocycles. The molecule has 0 aliphatic heterocycles. The molecule has 0 amide bonds. The van der Waals surface area contributed by atoms with Crippen LogP contribution in [0.5, 0.6) is 0 Å². The minimum Gasteiger partial charge on any atom is -0.462 e. The van der Waals surface area contributed by atoms with Crippen molar-refractivity contribution in [2.24, 2.45) is 0 Å². The van der Waals surface area contributed by atoms with Gasteiger partial charge in [0.05, 0.1) is 6.61 Å². The van der Waals surface area contributed by atoms with Gasteiger partial charge in [0, 0.05) is 19.4 Å². The van der Waals surface area contributed by atoms with Gasteiger partial charge in [0.2, 0.25) is 0 Å². The van der Waals surface area contributed by atoms with Gasteiger partial charge in [-0.2, -0.15) is 0 Å². The highest BCUT2D eigenvalue weighted by Crippen LogP contribution is 2.16. The maximum absolute atomic E-state index is 12.8. The lowest BCUT2D eigenvalue weighted by Crippen LogP contribution is -2.30. The zero-order chi connectivity index (χ0) is 47.7. The molecular weight excluding hydrogens is 813 g/mol. The van der Waals surface area contributed by atoms with E-state index in [-0.39, 0.29) is 25.2 Å². The molecule has 1 atom stereocenters. The molecule has 5 nitrogen and oxygen atoms in total. The van der Waals surface area contributed by atoms with Crippen molar-refractivity contribution in [1.29, 1.82) is 0 Å². The molecule has 0 rings (SSSR count). The molecular formula is C61H112O5. The molecule has 0 saturated carbocycles. The molecule has 5 heteroatoms. The fourth-order valence-electron chi connectivity index (χ4n) is 8.52. The van der Waals surface area contributed by atoms with Gasteiger partial charge in [-0.15, -0.1) is 0 Å². The van der Waals surface area contributed by atoms with Crippen LogP contribution in [-0.4, -0.2) is 37.9 Å². The van der Waals surface area contributed by atoms with E-state index in [1.165, 1.54) is 193 Å². The number of carbonyl (C=O) groups is 2. The Morgan fingerprint density at radius 2 is 0.682 bits per heavy atom. The molecule has 0 aromatic carbocycles. The Kier molecular flexibility index (Phi) is 55.3. The number of hydrogen-bond acceptors (Lipinski definition) is 5. The van der Waals surface area contributed by atoms with Crippen LogP contribution in [-0.2, 0) is 23.8 Å². The Hall–Kier alpha value is -2.14. The summed E-state index contributed by atoms with van der Waals surface area (Å²) in [6.07, 6.45) is 71.3. The predicted molar refractivity (Wildman–Crippen MR) is 288 cm³/mol. The minimum atomic E-state index is -0.545. The number of hydrogen-bond donors (Lipinski definition) is 0. The van der Waals surface area contributed by atoms with Crippen molar-refractivity contribution < 1.29 is 23.8 Å². The van der Waals surface area contributed by atoms with E-state index in [0.717, 1.165) is 77.0 Å². The van der Waals surface area contributed by atoms with E-state index in [1.54, 1.807) is 0 Å². The summed E-state index contributed by atoms with van der Waals surface area (Å²) in [7, 11) is 0. The standard InChI is InChI=1S/C61H112O5/c1-4-7-10-13-16-19-22-25-28-30-31-32-34-36-39-42-45-48-51-54-60(62)65-58-59(57-64-56-53-50-47-44-41-38-35-29-26-23-20-17-14-11-8-5-2)66-61(63)55-52-49-46-43-40-37-33-27-24-21-18-15-12-9-6-3/h8,11,17,20,26-27,29,33,59H,4-7,9-10,12-16,18-19,21-25,28,30-32,34-58H2,1-3H3/b11-8-,20-17-,29-26-,33-27-. The molecule has 0 aliphatic carbocycles. The van der Waals surface area contributed by atoms with Gasteiger partial charge in [-0.3, -0.25) is 9.59 Å². The summed E-state index contributed by atoms with van der Waals surface area (Å²) < 4.78 is 17.5. The maximum Gasteiger partial charge on any atom is 0.306 e. The van der Waals surface area contributed by atoms with Crippen molar-refractivity contribution in [1.82, 2.24) is 0 Å². The molecule has 0 heterocycles.